The van der Waals surface area contributed by atoms with Gasteiger partial charge in [0.2, 0.25) is 0 Å². The first-order valence-corrected chi connectivity index (χ1v) is 7.07. The summed E-state index contributed by atoms with van der Waals surface area (Å²) >= 11 is 0. The standard InChI is InChI=1S/C16H24N2O2/c1-11-5-6-12(7-14(11)20-4)9-17-15(19)18-10-13-8-16(13,2)3/h5-7,13H,8-10H2,1-4H3,(H2,17,18,19). The molecule has 1 aliphatic rings. The molecule has 0 heterocycles. The second kappa shape index (κ2) is 5.73. The molecule has 0 radical (unpaired) electrons. The minimum absolute atomic E-state index is 0.104. The van der Waals surface area contributed by atoms with Crippen LogP contribution in [-0.4, -0.2) is 19.7 Å². The Morgan fingerprint density at radius 1 is 1.40 bits per heavy atom. The maximum absolute atomic E-state index is 11.7. The molecule has 1 fully saturated rings. The van der Waals surface area contributed by atoms with E-state index >= 15 is 0 Å². The van der Waals surface area contributed by atoms with Crippen LogP contribution in [0.3, 0.4) is 0 Å². The van der Waals surface area contributed by atoms with Gasteiger partial charge in [-0.3, -0.25) is 0 Å². The Morgan fingerprint density at radius 2 is 2.10 bits per heavy atom. The van der Waals surface area contributed by atoms with Gasteiger partial charge in [0.1, 0.15) is 5.75 Å². The summed E-state index contributed by atoms with van der Waals surface area (Å²) in [6, 6.07) is 5.86. The monoisotopic (exact) mass is 276 g/mol. The number of benzene rings is 1. The molecule has 1 saturated carbocycles. The molecule has 2 amide bonds. The Balaban J connectivity index is 1.75. The van der Waals surface area contributed by atoms with E-state index in [9.17, 15) is 4.79 Å². The molecule has 0 saturated heterocycles. The van der Waals surface area contributed by atoms with Gasteiger partial charge < -0.3 is 15.4 Å². The second-order valence-electron chi connectivity index (χ2n) is 6.26. The van der Waals surface area contributed by atoms with Gasteiger partial charge >= 0.3 is 6.03 Å². The second-order valence-corrected chi connectivity index (χ2v) is 6.26. The number of aryl methyl sites for hydroxylation is 1. The molecule has 1 aliphatic carbocycles. The Kier molecular flexibility index (Phi) is 4.21. The quantitative estimate of drug-likeness (QED) is 0.869. The van der Waals surface area contributed by atoms with Crippen LogP contribution < -0.4 is 15.4 Å². The third-order valence-electron chi connectivity index (χ3n) is 4.15. The molecule has 0 aromatic heterocycles. The fourth-order valence-electron chi connectivity index (χ4n) is 2.36. The summed E-state index contributed by atoms with van der Waals surface area (Å²) in [4.78, 5) is 11.7. The summed E-state index contributed by atoms with van der Waals surface area (Å²) in [5.41, 5.74) is 2.53. The average molecular weight is 276 g/mol. The number of hydrogen-bond acceptors (Lipinski definition) is 2. The molecule has 2 rings (SSSR count). The normalized spacial score (nSPS) is 19.3. The lowest BCUT2D eigenvalue weighted by Crippen LogP contribution is -2.36. The van der Waals surface area contributed by atoms with Crippen molar-refractivity contribution in [1.82, 2.24) is 10.6 Å². The smallest absolute Gasteiger partial charge is 0.315 e. The van der Waals surface area contributed by atoms with E-state index in [4.69, 9.17) is 4.74 Å². The van der Waals surface area contributed by atoms with Gasteiger partial charge in [0, 0.05) is 13.1 Å². The number of nitrogens with one attached hydrogen (secondary N) is 2. The van der Waals surface area contributed by atoms with Crippen LogP contribution in [-0.2, 0) is 6.54 Å². The number of amides is 2. The first-order valence-electron chi connectivity index (χ1n) is 7.07. The maximum Gasteiger partial charge on any atom is 0.315 e. The minimum Gasteiger partial charge on any atom is -0.496 e. The van der Waals surface area contributed by atoms with Crippen LogP contribution in [0.2, 0.25) is 0 Å². The number of methoxy groups -OCH3 is 1. The van der Waals surface area contributed by atoms with Gasteiger partial charge in [-0.25, -0.2) is 4.79 Å². The average Bonchev–Trinajstić information content (AvgIpc) is 3.03. The molecule has 1 unspecified atom stereocenters. The SMILES string of the molecule is COc1cc(CNC(=O)NCC2CC2(C)C)ccc1C. The molecule has 2 N–H and O–H groups in total. The van der Waals surface area contributed by atoms with Crippen LogP contribution in [0.5, 0.6) is 5.75 Å². The predicted molar refractivity (Wildman–Crippen MR) is 79.9 cm³/mol. The summed E-state index contributed by atoms with van der Waals surface area (Å²) in [5, 5.41) is 5.80. The van der Waals surface area contributed by atoms with Crippen molar-refractivity contribution >= 4 is 6.03 Å². The highest BCUT2D eigenvalue weighted by molar-refractivity contribution is 5.73. The van der Waals surface area contributed by atoms with Gasteiger partial charge in [-0.2, -0.15) is 0 Å². The largest absolute Gasteiger partial charge is 0.496 e. The van der Waals surface area contributed by atoms with Crippen LogP contribution in [0.25, 0.3) is 0 Å². The van der Waals surface area contributed by atoms with Crippen LogP contribution >= 0.6 is 0 Å². The molecule has 0 aliphatic heterocycles. The van der Waals surface area contributed by atoms with E-state index in [1.807, 2.05) is 25.1 Å². The van der Waals surface area contributed by atoms with Crippen LogP contribution in [0.15, 0.2) is 18.2 Å². The molecule has 110 valence electrons. The number of carbonyl (C=O) groups is 1. The highest BCUT2D eigenvalue weighted by Crippen LogP contribution is 2.50. The van der Waals surface area contributed by atoms with Gasteiger partial charge in [-0.1, -0.05) is 26.0 Å². The van der Waals surface area contributed by atoms with Crippen molar-refractivity contribution in [1.29, 1.82) is 0 Å². The first-order chi connectivity index (χ1) is 9.42. The zero-order valence-corrected chi connectivity index (χ0v) is 12.7. The fourth-order valence-corrected chi connectivity index (χ4v) is 2.36. The number of ether oxygens (including phenoxy) is 1. The van der Waals surface area contributed by atoms with Gasteiger partial charge in [-0.05, 0) is 41.9 Å². The van der Waals surface area contributed by atoms with Crippen LogP contribution in [0, 0.1) is 18.3 Å². The summed E-state index contributed by atoms with van der Waals surface area (Å²) in [6.45, 7) is 7.73. The number of hydrogen-bond donors (Lipinski definition) is 2. The molecular formula is C16H24N2O2. The fraction of sp³-hybridized carbons (Fsp3) is 0.562. The number of carbonyl (C=O) groups excluding carboxylic acids is 1. The van der Waals surface area contributed by atoms with Gasteiger partial charge in [0.05, 0.1) is 7.11 Å². The van der Waals surface area contributed by atoms with E-state index in [0.717, 1.165) is 23.4 Å². The molecule has 4 heteroatoms. The summed E-state index contributed by atoms with van der Waals surface area (Å²) in [5.74, 6) is 1.47. The van der Waals surface area contributed by atoms with E-state index in [1.165, 1.54) is 6.42 Å². The third kappa shape index (κ3) is 3.65. The van der Waals surface area contributed by atoms with E-state index < -0.39 is 0 Å². The number of rotatable bonds is 5. The van der Waals surface area contributed by atoms with Gasteiger partial charge in [0.25, 0.3) is 0 Å². The van der Waals surface area contributed by atoms with Crippen molar-refractivity contribution in [3.63, 3.8) is 0 Å². The molecular weight excluding hydrogens is 252 g/mol. The predicted octanol–water partition coefficient (Wildman–Crippen LogP) is 2.85. The van der Waals surface area contributed by atoms with E-state index in [-0.39, 0.29) is 6.03 Å². The lowest BCUT2D eigenvalue weighted by molar-refractivity contribution is 0.239. The summed E-state index contributed by atoms with van der Waals surface area (Å²) in [7, 11) is 1.66. The van der Waals surface area contributed by atoms with E-state index in [0.29, 0.717) is 17.9 Å². The Labute approximate surface area is 120 Å². The van der Waals surface area contributed by atoms with E-state index in [2.05, 4.69) is 24.5 Å². The van der Waals surface area contributed by atoms with Crippen molar-refractivity contribution in [3.05, 3.63) is 29.3 Å². The highest BCUT2D eigenvalue weighted by Gasteiger charge is 2.45. The lowest BCUT2D eigenvalue weighted by atomic mass is 10.1. The van der Waals surface area contributed by atoms with Crippen molar-refractivity contribution in [3.8, 4) is 5.75 Å². The molecule has 1 atom stereocenters. The van der Waals surface area contributed by atoms with Gasteiger partial charge in [-0.15, -0.1) is 0 Å². The molecule has 20 heavy (non-hydrogen) atoms. The Bertz CT molecular complexity index is 497. The molecule has 0 bridgehead atoms. The third-order valence-corrected chi connectivity index (χ3v) is 4.15. The topological polar surface area (TPSA) is 50.4 Å². The van der Waals surface area contributed by atoms with Crippen molar-refractivity contribution in [2.75, 3.05) is 13.7 Å². The van der Waals surface area contributed by atoms with Crippen molar-refractivity contribution < 1.29 is 9.53 Å². The van der Waals surface area contributed by atoms with Gasteiger partial charge in [0.15, 0.2) is 0 Å². The minimum atomic E-state index is -0.104. The molecule has 4 nitrogen and oxygen atoms in total. The van der Waals surface area contributed by atoms with Crippen molar-refractivity contribution in [2.45, 2.75) is 33.7 Å². The zero-order chi connectivity index (χ0) is 14.8. The highest BCUT2D eigenvalue weighted by atomic mass is 16.5. The van der Waals surface area contributed by atoms with Crippen molar-refractivity contribution in [2.24, 2.45) is 11.3 Å². The first kappa shape index (κ1) is 14.7. The number of urea groups is 1. The zero-order valence-electron chi connectivity index (χ0n) is 12.7. The molecule has 0 spiro atoms. The molecule has 1 aromatic rings. The Hall–Kier alpha value is -1.71. The Morgan fingerprint density at radius 3 is 2.70 bits per heavy atom. The summed E-state index contributed by atoms with van der Waals surface area (Å²) < 4.78 is 5.27. The molecule has 1 aromatic carbocycles. The lowest BCUT2D eigenvalue weighted by Gasteiger charge is -2.10. The summed E-state index contributed by atoms with van der Waals surface area (Å²) in [6.07, 6.45) is 1.20. The van der Waals surface area contributed by atoms with Crippen LogP contribution in [0.1, 0.15) is 31.4 Å². The van der Waals surface area contributed by atoms with Crippen LogP contribution in [0.4, 0.5) is 4.79 Å². The maximum atomic E-state index is 11.7. The van der Waals surface area contributed by atoms with E-state index in [1.54, 1.807) is 7.11 Å².